The zero-order valence-electron chi connectivity index (χ0n) is 16.2. The van der Waals surface area contributed by atoms with Gasteiger partial charge in [0, 0.05) is 40.6 Å². The summed E-state index contributed by atoms with van der Waals surface area (Å²) >= 11 is 6.48. The summed E-state index contributed by atoms with van der Waals surface area (Å²) < 4.78 is 0. The predicted molar refractivity (Wildman–Crippen MR) is 110 cm³/mol. The Bertz CT molecular complexity index is 976. The Morgan fingerprint density at radius 3 is 2.93 bits per heavy atom. The fourth-order valence-corrected chi connectivity index (χ4v) is 6.83. The second kappa shape index (κ2) is 5.76. The van der Waals surface area contributed by atoms with Crippen LogP contribution in [0, 0.1) is 5.92 Å². The molecule has 5 heteroatoms. The topological polar surface area (TPSA) is 56.3 Å². The minimum absolute atomic E-state index is 0.161. The summed E-state index contributed by atoms with van der Waals surface area (Å²) in [7, 11) is 0. The summed E-state index contributed by atoms with van der Waals surface area (Å²) in [5.41, 5.74) is 3.05. The maximum absolute atomic E-state index is 13.2. The van der Waals surface area contributed by atoms with E-state index in [1.54, 1.807) is 0 Å². The third kappa shape index (κ3) is 2.50. The minimum atomic E-state index is -0.490. The third-order valence-corrected chi connectivity index (χ3v) is 8.19. The van der Waals surface area contributed by atoms with E-state index in [0.29, 0.717) is 18.3 Å². The van der Waals surface area contributed by atoms with Gasteiger partial charge in [0.05, 0.1) is 5.60 Å². The Morgan fingerprint density at radius 1 is 1.36 bits per heavy atom. The van der Waals surface area contributed by atoms with Crippen LogP contribution in [0.5, 0.6) is 0 Å². The van der Waals surface area contributed by atoms with E-state index in [1.807, 2.05) is 6.07 Å². The number of benzene rings is 1. The largest absolute Gasteiger partial charge is 0.390 e. The lowest BCUT2D eigenvalue weighted by atomic mass is 9.83. The summed E-state index contributed by atoms with van der Waals surface area (Å²) in [6.07, 6.45) is 8.58. The highest BCUT2D eigenvalue weighted by molar-refractivity contribution is 6.32. The van der Waals surface area contributed by atoms with E-state index >= 15 is 0 Å². The first-order valence-corrected chi connectivity index (χ1v) is 11.1. The molecule has 3 saturated carbocycles. The number of H-pyrrole nitrogens is 1. The molecule has 5 fully saturated rings. The van der Waals surface area contributed by atoms with Crippen LogP contribution in [0.25, 0.3) is 10.9 Å². The van der Waals surface area contributed by atoms with Crippen molar-refractivity contribution in [3.05, 3.63) is 34.5 Å². The Hall–Kier alpha value is -1.52. The van der Waals surface area contributed by atoms with Crippen LogP contribution < -0.4 is 0 Å². The molecule has 3 heterocycles. The maximum Gasteiger partial charge on any atom is 0.223 e. The zero-order valence-corrected chi connectivity index (χ0v) is 17.0. The van der Waals surface area contributed by atoms with Crippen LogP contribution >= 0.6 is 11.6 Å². The number of hydrogen-bond donors (Lipinski definition) is 2. The maximum atomic E-state index is 13.2. The van der Waals surface area contributed by atoms with E-state index < -0.39 is 5.60 Å². The number of aromatic nitrogens is 1. The first-order valence-electron chi connectivity index (χ1n) is 10.8. The van der Waals surface area contributed by atoms with Crippen LogP contribution in [0.4, 0.5) is 0 Å². The van der Waals surface area contributed by atoms with Crippen molar-refractivity contribution in [3.63, 3.8) is 0 Å². The number of aromatic amines is 1. The van der Waals surface area contributed by atoms with Gasteiger partial charge < -0.3 is 15.0 Å². The number of carbonyl (C=O) groups is 1. The molecule has 1 aromatic heterocycles. The minimum Gasteiger partial charge on any atom is -0.390 e. The van der Waals surface area contributed by atoms with Crippen LogP contribution in [-0.4, -0.2) is 38.6 Å². The number of rotatable bonds is 4. The van der Waals surface area contributed by atoms with Crippen molar-refractivity contribution >= 4 is 28.4 Å². The molecule has 0 radical (unpaired) electrons. The van der Waals surface area contributed by atoms with E-state index in [0.717, 1.165) is 36.2 Å². The van der Waals surface area contributed by atoms with Gasteiger partial charge in [-0.25, -0.2) is 0 Å². The SMILES string of the molecule is CC(CC(=O)N1C2CC3CC(O)(C2)CC31)c1c[nH]c2cc(Cl)c(C3CC3)cc12. The molecule has 7 rings (SSSR count). The molecular weight excluding hydrogens is 372 g/mol. The van der Waals surface area contributed by atoms with E-state index in [9.17, 15) is 9.90 Å². The Balaban J connectivity index is 1.25. The highest BCUT2D eigenvalue weighted by Gasteiger charge is 2.60. The molecule has 5 atom stereocenters. The molecule has 5 aliphatic rings. The smallest absolute Gasteiger partial charge is 0.223 e. The van der Waals surface area contributed by atoms with Crippen LogP contribution in [-0.2, 0) is 4.79 Å². The number of fused-ring (bicyclic) bond motifs is 1. The Kier molecular flexibility index (Phi) is 3.57. The van der Waals surface area contributed by atoms with E-state index in [4.69, 9.17) is 11.6 Å². The van der Waals surface area contributed by atoms with Crippen molar-refractivity contribution < 1.29 is 9.90 Å². The van der Waals surface area contributed by atoms with Crippen molar-refractivity contribution in [3.8, 4) is 0 Å². The van der Waals surface area contributed by atoms with Gasteiger partial charge in [0.25, 0.3) is 0 Å². The average molecular weight is 399 g/mol. The molecule has 4 bridgehead atoms. The lowest BCUT2D eigenvalue weighted by Crippen LogP contribution is -2.50. The molecule has 1 aromatic carbocycles. The van der Waals surface area contributed by atoms with Crippen LogP contribution in [0.3, 0.4) is 0 Å². The second-order valence-electron chi connectivity index (χ2n) is 9.90. The summed E-state index contributed by atoms with van der Waals surface area (Å²) in [5.74, 6) is 1.55. The van der Waals surface area contributed by atoms with E-state index in [1.165, 1.54) is 29.4 Å². The highest BCUT2D eigenvalue weighted by atomic mass is 35.5. The van der Waals surface area contributed by atoms with Gasteiger partial charge in [0.1, 0.15) is 0 Å². The van der Waals surface area contributed by atoms with Crippen LogP contribution in [0.15, 0.2) is 18.3 Å². The van der Waals surface area contributed by atoms with Crippen molar-refractivity contribution in [2.75, 3.05) is 0 Å². The van der Waals surface area contributed by atoms with Gasteiger partial charge in [-0.1, -0.05) is 18.5 Å². The lowest BCUT2D eigenvalue weighted by molar-refractivity contribution is -0.139. The molecular formula is C23H27ClN2O2. The number of nitrogens with zero attached hydrogens (tertiary/aromatic N) is 1. The molecule has 4 nitrogen and oxygen atoms in total. The molecule has 148 valence electrons. The number of hydrogen-bond acceptors (Lipinski definition) is 2. The number of amides is 1. The number of nitrogens with one attached hydrogen (secondary N) is 1. The van der Waals surface area contributed by atoms with Crippen LogP contribution in [0.2, 0.25) is 5.02 Å². The summed E-state index contributed by atoms with van der Waals surface area (Å²) in [5, 5.41) is 12.7. The summed E-state index contributed by atoms with van der Waals surface area (Å²) in [6, 6.07) is 4.82. The van der Waals surface area contributed by atoms with E-state index in [-0.39, 0.29) is 23.9 Å². The van der Waals surface area contributed by atoms with Gasteiger partial charge in [0.15, 0.2) is 0 Å². The molecule has 28 heavy (non-hydrogen) atoms. The molecule has 2 aromatic rings. The highest BCUT2D eigenvalue weighted by Crippen LogP contribution is 2.55. The predicted octanol–water partition coefficient (Wildman–Crippen LogP) is 4.71. The van der Waals surface area contributed by atoms with E-state index in [2.05, 4.69) is 29.1 Å². The first-order chi connectivity index (χ1) is 13.4. The fourth-order valence-electron chi connectivity index (χ4n) is 6.51. The number of carbonyl (C=O) groups excluding carboxylic acids is 1. The van der Waals surface area contributed by atoms with Gasteiger partial charge in [-0.2, -0.15) is 0 Å². The molecule has 5 unspecified atom stereocenters. The standard InChI is InChI=1S/C23H27ClN2O2/c1-12(4-22(27)26-15-5-14-8-23(28,9-15)10-21(14)26)18-11-25-20-7-19(24)16(6-17(18)20)13-2-3-13/h6-7,11-15,21,25,28H,2-5,8-10H2,1H3. The van der Waals surface area contributed by atoms with Crippen molar-refractivity contribution in [1.29, 1.82) is 0 Å². The zero-order chi connectivity index (χ0) is 19.2. The summed E-state index contributed by atoms with van der Waals surface area (Å²) in [6.45, 7) is 2.16. The summed E-state index contributed by atoms with van der Waals surface area (Å²) in [4.78, 5) is 18.7. The fraction of sp³-hybridized carbons (Fsp3) is 0.609. The van der Waals surface area contributed by atoms with Crippen molar-refractivity contribution in [2.24, 2.45) is 5.92 Å². The number of aliphatic hydroxyl groups is 1. The van der Waals surface area contributed by atoms with Gasteiger partial charge in [0.2, 0.25) is 5.91 Å². The molecule has 2 N–H and O–H groups in total. The van der Waals surface area contributed by atoms with Gasteiger partial charge in [-0.3, -0.25) is 4.79 Å². The quantitative estimate of drug-likeness (QED) is 0.783. The molecule has 3 aliphatic carbocycles. The molecule has 2 saturated heterocycles. The van der Waals surface area contributed by atoms with Gasteiger partial charge >= 0.3 is 0 Å². The Morgan fingerprint density at radius 2 is 2.18 bits per heavy atom. The molecule has 2 aliphatic heterocycles. The number of halogens is 1. The first kappa shape index (κ1) is 17.3. The number of piperidine rings is 1. The molecule has 0 spiro atoms. The monoisotopic (exact) mass is 398 g/mol. The Labute approximate surface area is 170 Å². The normalized spacial score (nSPS) is 34.5. The second-order valence-corrected chi connectivity index (χ2v) is 10.3. The van der Waals surface area contributed by atoms with Crippen molar-refractivity contribution in [1.82, 2.24) is 9.88 Å². The lowest BCUT2D eigenvalue weighted by Gasteiger charge is -2.41. The van der Waals surface area contributed by atoms with Crippen LogP contribution in [0.1, 0.15) is 74.8 Å². The van der Waals surface area contributed by atoms with Gasteiger partial charge in [-0.15, -0.1) is 0 Å². The third-order valence-electron chi connectivity index (χ3n) is 7.86. The van der Waals surface area contributed by atoms with Crippen molar-refractivity contribution in [2.45, 2.75) is 81.4 Å². The molecule has 1 amide bonds. The average Bonchev–Trinajstić information content (AvgIpc) is 3.28. The van der Waals surface area contributed by atoms with Gasteiger partial charge in [-0.05, 0) is 79.5 Å².